The van der Waals surface area contributed by atoms with Gasteiger partial charge in [-0.15, -0.1) is 0 Å². The Morgan fingerprint density at radius 2 is 1.88 bits per heavy atom. The van der Waals surface area contributed by atoms with Gasteiger partial charge in [0.15, 0.2) is 0 Å². The number of para-hydroxylation sites is 1. The van der Waals surface area contributed by atoms with Crippen LogP contribution in [-0.4, -0.2) is 37.2 Å². The molecule has 2 aromatic carbocycles. The second-order valence-corrected chi connectivity index (χ2v) is 8.35. The summed E-state index contributed by atoms with van der Waals surface area (Å²) in [5, 5.41) is 13.0. The number of benzene rings is 2. The number of hydrogen-bond acceptors (Lipinski definition) is 5. The van der Waals surface area contributed by atoms with Crippen molar-refractivity contribution in [3.8, 4) is 22.6 Å². The molecule has 7 nitrogen and oxygen atoms in total. The van der Waals surface area contributed by atoms with Crippen molar-refractivity contribution in [1.82, 2.24) is 5.32 Å². The molecule has 0 saturated heterocycles. The van der Waals surface area contributed by atoms with Crippen LogP contribution in [0.15, 0.2) is 47.1 Å². The van der Waals surface area contributed by atoms with Gasteiger partial charge >= 0.3 is 5.97 Å². The number of rotatable bonds is 9. The Hall–Kier alpha value is -3.74. The average Bonchev–Trinajstić information content (AvgIpc) is 3.25. The second-order valence-electron chi connectivity index (χ2n) is 8.35. The fraction of sp³-hybridized carbons (Fsp3) is 0.333. The maximum atomic E-state index is 12.7. The van der Waals surface area contributed by atoms with E-state index in [-0.39, 0.29) is 5.92 Å². The number of carbonyl (C=O) groups excluding carboxylic acids is 1. The Morgan fingerprint density at radius 1 is 1.18 bits per heavy atom. The molecule has 0 saturated carbocycles. The highest BCUT2D eigenvalue weighted by Crippen LogP contribution is 2.42. The zero-order valence-corrected chi connectivity index (χ0v) is 20.4. The summed E-state index contributed by atoms with van der Waals surface area (Å²) in [6.07, 6.45) is 3.73. The highest BCUT2D eigenvalue weighted by atomic mass is 16.5. The lowest BCUT2D eigenvalue weighted by Crippen LogP contribution is -2.44. The number of methoxy groups -OCH3 is 2. The number of aryl methyl sites for hydroxylation is 1. The van der Waals surface area contributed by atoms with Gasteiger partial charge in [0, 0.05) is 33.7 Å². The number of hydrogen-bond donors (Lipinski definition) is 2. The molecule has 0 fully saturated rings. The number of allylic oxidation sites excluding steroid dienone is 1. The molecule has 0 aliphatic rings. The molecule has 3 rings (SSSR count). The van der Waals surface area contributed by atoms with Gasteiger partial charge in [0.2, 0.25) is 5.91 Å². The van der Waals surface area contributed by atoms with Crippen molar-refractivity contribution in [2.45, 2.75) is 40.2 Å². The second kappa shape index (κ2) is 10.5. The maximum Gasteiger partial charge on any atom is 0.326 e. The fourth-order valence-corrected chi connectivity index (χ4v) is 4.10. The first-order valence-electron chi connectivity index (χ1n) is 11.2. The summed E-state index contributed by atoms with van der Waals surface area (Å²) >= 11 is 0. The van der Waals surface area contributed by atoms with Crippen molar-refractivity contribution in [3.63, 3.8) is 0 Å². The molecule has 0 spiro atoms. The molecule has 2 unspecified atom stereocenters. The molecule has 1 amide bonds. The first-order chi connectivity index (χ1) is 16.2. The summed E-state index contributed by atoms with van der Waals surface area (Å²) in [6, 6.07) is 8.64. The predicted octanol–water partition coefficient (Wildman–Crippen LogP) is 5.44. The molecular formula is C27H31NO6. The Balaban J connectivity index is 2.09. The van der Waals surface area contributed by atoms with E-state index in [1.165, 1.54) is 6.08 Å². The molecule has 7 heteroatoms. The molecule has 2 N–H and O–H groups in total. The molecule has 0 aliphatic carbocycles. The topological polar surface area (TPSA) is 98.0 Å². The number of furan rings is 1. The van der Waals surface area contributed by atoms with Gasteiger partial charge in [-0.3, -0.25) is 4.79 Å². The largest absolute Gasteiger partial charge is 0.496 e. The maximum absolute atomic E-state index is 12.7. The van der Waals surface area contributed by atoms with E-state index < -0.39 is 17.9 Å². The SMILES string of the molecule is CCC(C)C(NC(=O)/C=C(\C)c1cc2c(-c3ccccc3OC)coc2c(C)c1OC)C(=O)O. The predicted molar refractivity (Wildman–Crippen MR) is 132 cm³/mol. The van der Waals surface area contributed by atoms with E-state index in [9.17, 15) is 14.7 Å². The summed E-state index contributed by atoms with van der Waals surface area (Å²) in [7, 11) is 3.19. The molecule has 0 aliphatic heterocycles. The molecule has 180 valence electrons. The summed E-state index contributed by atoms with van der Waals surface area (Å²) in [4.78, 5) is 24.3. The summed E-state index contributed by atoms with van der Waals surface area (Å²) in [5.74, 6) is -0.411. The lowest BCUT2D eigenvalue weighted by Gasteiger charge is -2.19. The first kappa shape index (κ1) is 24.9. The van der Waals surface area contributed by atoms with Crippen LogP contribution in [0.1, 0.15) is 38.3 Å². The number of carboxylic acids is 1. The van der Waals surface area contributed by atoms with Crippen molar-refractivity contribution < 1.29 is 28.6 Å². The molecule has 1 heterocycles. The van der Waals surface area contributed by atoms with Crippen molar-refractivity contribution >= 4 is 28.4 Å². The summed E-state index contributed by atoms with van der Waals surface area (Å²) in [6.45, 7) is 7.39. The van der Waals surface area contributed by atoms with E-state index in [0.717, 1.165) is 33.4 Å². The molecule has 0 radical (unpaired) electrons. The van der Waals surface area contributed by atoms with Crippen molar-refractivity contribution in [3.05, 3.63) is 53.8 Å². The van der Waals surface area contributed by atoms with Crippen LogP contribution in [0.5, 0.6) is 11.5 Å². The van der Waals surface area contributed by atoms with E-state index in [0.29, 0.717) is 23.3 Å². The van der Waals surface area contributed by atoms with Crippen LogP contribution in [0, 0.1) is 12.8 Å². The van der Waals surface area contributed by atoms with Crippen LogP contribution in [0.25, 0.3) is 27.7 Å². The van der Waals surface area contributed by atoms with Crippen molar-refractivity contribution in [2.24, 2.45) is 5.92 Å². The van der Waals surface area contributed by atoms with Crippen LogP contribution in [0.2, 0.25) is 0 Å². The number of carboxylic acid groups (broad SMARTS) is 1. The Bertz CT molecular complexity index is 1240. The van der Waals surface area contributed by atoms with Gasteiger partial charge in [-0.25, -0.2) is 4.79 Å². The summed E-state index contributed by atoms with van der Waals surface area (Å²) < 4.78 is 17.1. The van der Waals surface area contributed by atoms with Crippen molar-refractivity contribution in [2.75, 3.05) is 14.2 Å². The monoisotopic (exact) mass is 465 g/mol. The third-order valence-corrected chi connectivity index (χ3v) is 6.19. The smallest absolute Gasteiger partial charge is 0.326 e. The van der Waals surface area contributed by atoms with Crippen LogP contribution >= 0.6 is 0 Å². The van der Waals surface area contributed by atoms with Gasteiger partial charge in [0.25, 0.3) is 0 Å². The molecule has 0 bridgehead atoms. The molecule has 3 aromatic rings. The van der Waals surface area contributed by atoms with Gasteiger partial charge in [-0.2, -0.15) is 0 Å². The summed E-state index contributed by atoms with van der Waals surface area (Å²) in [5.41, 5.74) is 4.58. The van der Waals surface area contributed by atoms with E-state index in [2.05, 4.69) is 5.32 Å². The molecule has 2 atom stereocenters. The van der Waals surface area contributed by atoms with E-state index in [1.807, 2.05) is 44.2 Å². The van der Waals surface area contributed by atoms with E-state index in [4.69, 9.17) is 13.9 Å². The lowest BCUT2D eigenvalue weighted by molar-refractivity contribution is -0.142. The fourth-order valence-electron chi connectivity index (χ4n) is 4.10. The standard InChI is InChI=1S/C27H31NO6/c1-7-15(2)24(27(30)31)28-23(29)12-16(3)19-13-20-21(18-10-8-9-11-22(18)32-5)14-34-26(20)17(4)25(19)33-6/h8-15,24H,7H2,1-6H3,(H,28,29)(H,30,31)/b16-12+. The van der Waals surface area contributed by atoms with Crippen LogP contribution in [0.3, 0.4) is 0 Å². The number of fused-ring (bicyclic) bond motifs is 1. The highest BCUT2D eigenvalue weighted by Gasteiger charge is 2.25. The quantitative estimate of drug-likeness (QED) is 0.408. The van der Waals surface area contributed by atoms with Gasteiger partial charge in [-0.05, 0) is 37.5 Å². The van der Waals surface area contributed by atoms with Gasteiger partial charge in [0.05, 0.1) is 20.5 Å². The van der Waals surface area contributed by atoms with Gasteiger partial charge < -0.3 is 24.3 Å². The lowest BCUT2D eigenvalue weighted by atomic mass is 9.96. The van der Waals surface area contributed by atoms with Gasteiger partial charge in [0.1, 0.15) is 23.1 Å². The number of ether oxygens (including phenoxy) is 2. The van der Waals surface area contributed by atoms with E-state index >= 15 is 0 Å². The zero-order valence-electron chi connectivity index (χ0n) is 20.4. The van der Waals surface area contributed by atoms with Crippen LogP contribution in [-0.2, 0) is 9.59 Å². The normalized spacial score (nSPS) is 13.4. The minimum atomic E-state index is -1.05. The Morgan fingerprint density at radius 3 is 2.50 bits per heavy atom. The zero-order chi connectivity index (χ0) is 25.0. The number of nitrogens with one attached hydrogen (secondary N) is 1. The molecule has 1 aromatic heterocycles. The van der Waals surface area contributed by atoms with Crippen LogP contribution < -0.4 is 14.8 Å². The van der Waals surface area contributed by atoms with Gasteiger partial charge in [-0.1, -0.05) is 38.5 Å². The third kappa shape index (κ3) is 4.78. The first-order valence-corrected chi connectivity index (χ1v) is 11.2. The minimum Gasteiger partial charge on any atom is -0.496 e. The Labute approximate surface area is 199 Å². The van der Waals surface area contributed by atoms with Crippen molar-refractivity contribution in [1.29, 1.82) is 0 Å². The highest BCUT2D eigenvalue weighted by molar-refractivity contribution is 6.02. The Kier molecular flexibility index (Phi) is 7.66. The number of aliphatic carboxylic acids is 1. The average molecular weight is 466 g/mol. The molecule has 34 heavy (non-hydrogen) atoms. The number of amides is 1. The number of carbonyl (C=O) groups is 2. The third-order valence-electron chi connectivity index (χ3n) is 6.19. The molecular weight excluding hydrogens is 434 g/mol. The van der Waals surface area contributed by atoms with Crippen LogP contribution in [0.4, 0.5) is 0 Å². The minimum absolute atomic E-state index is 0.197. The van der Waals surface area contributed by atoms with E-state index in [1.54, 1.807) is 34.3 Å².